The minimum atomic E-state index is -0.239. The fourth-order valence-corrected chi connectivity index (χ4v) is 3.69. The lowest BCUT2D eigenvalue weighted by atomic mass is 10.0. The van der Waals surface area contributed by atoms with Crippen molar-refractivity contribution in [1.29, 1.82) is 0 Å². The third-order valence-electron chi connectivity index (χ3n) is 5.67. The van der Waals surface area contributed by atoms with Crippen LogP contribution in [0.5, 0.6) is 0 Å². The number of hydrogen-bond acceptors (Lipinski definition) is 5. The lowest BCUT2D eigenvalue weighted by Crippen LogP contribution is -2.55. The van der Waals surface area contributed by atoms with E-state index in [1.165, 1.54) is 0 Å². The predicted molar refractivity (Wildman–Crippen MR) is 120 cm³/mol. The Hall–Kier alpha value is -3.03. The van der Waals surface area contributed by atoms with Gasteiger partial charge >= 0.3 is 0 Å². The van der Waals surface area contributed by atoms with Crippen molar-refractivity contribution in [2.75, 3.05) is 32.8 Å². The summed E-state index contributed by atoms with van der Waals surface area (Å²) in [7, 11) is 0. The molecule has 1 aromatic heterocycles. The molecule has 7 nitrogen and oxygen atoms in total. The number of morpholine rings is 1. The standard InChI is InChI=1S/C24H29N5O2/c1-18-9-11-20(12-10-18)29-22(26-21(27-29)19-7-5-4-6-8-19)23(30)25-17-24(2,3)28-13-15-31-16-14-28/h4-12H,13-17H2,1-3H3,(H,25,30). The van der Waals surface area contributed by atoms with Crippen LogP contribution in [0.3, 0.4) is 0 Å². The van der Waals surface area contributed by atoms with Crippen LogP contribution in [0.4, 0.5) is 0 Å². The highest BCUT2D eigenvalue weighted by molar-refractivity contribution is 5.91. The van der Waals surface area contributed by atoms with E-state index in [1.54, 1.807) is 4.68 Å². The van der Waals surface area contributed by atoms with Crippen LogP contribution in [0.15, 0.2) is 54.6 Å². The Kier molecular flexibility index (Phi) is 6.15. The second kappa shape index (κ2) is 8.99. The quantitative estimate of drug-likeness (QED) is 0.665. The second-order valence-corrected chi connectivity index (χ2v) is 8.47. The van der Waals surface area contributed by atoms with Crippen LogP contribution in [0.1, 0.15) is 30.0 Å². The van der Waals surface area contributed by atoms with E-state index in [-0.39, 0.29) is 17.3 Å². The number of benzene rings is 2. The minimum absolute atomic E-state index is 0.184. The summed E-state index contributed by atoms with van der Waals surface area (Å²) in [6.45, 7) is 9.98. The molecular weight excluding hydrogens is 390 g/mol. The molecule has 1 saturated heterocycles. The van der Waals surface area contributed by atoms with Crippen LogP contribution >= 0.6 is 0 Å². The number of carbonyl (C=O) groups excluding carboxylic acids is 1. The summed E-state index contributed by atoms with van der Waals surface area (Å²) in [6.07, 6.45) is 0. The molecule has 162 valence electrons. The Bertz CT molecular complexity index is 1020. The number of ether oxygens (including phenoxy) is 1. The van der Waals surface area contributed by atoms with Crippen LogP contribution in [0.2, 0.25) is 0 Å². The molecule has 7 heteroatoms. The maximum absolute atomic E-state index is 13.2. The average molecular weight is 420 g/mol. The molecule has 31 heavy (non-hydrogen) atoms. The van der Waals surface area contributed by atoms with Crippen molar-refractivity contribution in [2.24, 2.45) is 0 Å². The monoisotopic (exact) mass is 419 g/mol. The van der Waals surface area contributed by atoms with E-state index in [0.717, 1.165) is 43.1 Å². The van der Waals surface area contributed by atoms with Gasteiger partial charge in [0.1, 0.15) is 0 Å². The van der Waals surface area contributed by atoms with E-state index in [1.807, 2.05) is 61.5 Å². The Morgan fingerprint density at radius 1 is 1.06 bits per heavy atom. The van der Waals surface area contributed by atoms with Crippen LogP contribution in [-0.2, 0) is 4.74 Å². The predicted octanol–water partition coefficient (Wildman–Crippen LogP) is 3.08. The number of aryl methyl sites for hydroxylation is 1. The maximum Gasteiger partial charge on any atom is 0.289 e. The van der Waals surface area contributed by atoms with Gasteiger partial charge in [-0.25, -0.2) is 9.67 Å². The molecule has 0 radical (unpaired) electrons. The zero-order valence-corrected chi connectivity index (χ0v) is 18.3. The van der Waals surface area contributed by atoms with Crippen LogP contribution < -0.4 is 5.32 Å². The van der Waals surface area contributed by atoms with Crippen molar-refractivity contribution in [3.8, 4) is 17.1 Å². The number of nitrogens with one attached hydrogen (secondary N) is 1. The third-order valence-corrected chi connectivity index (χ3v) is 5.67. The van der Waals surface area contributed by atoms with Crippen LogP contribution in [0.25, 0.3) is 17.1 Å². The molecule has 1 aliphatic rings. The molecule has 0 unspecified atom stereocenters. The molecule has 2 aromatic carbocycles. The second-order valence-electron chi connectivity index (χ2n) is 8.47. The maximum atomic E-state index is 13.2. The van der Waals surface area contributed by atoms with Gasteiger partial charge in [0.05, 0.1) is 18.9 Å². The first-order valence-electron chi connectivity index (χ1n) is 10.6. The number of rotatable bonds is 6. The SMILES string of the molecule is Cc1ccc(-n2nc(-c3ccccc3)nc2C(=O)NCC(C)(C)N2CCOCC2)cc1. The largest absolute Gasteiger partial charge is 0.379 e. The molecule has 0 aliphatic carbocycles. The van der Waals surface area contributed by atoms with Crippen molar-refractivity contribution >= 4 is 5.91 Å². The van der Waals surface area contributed by atoms with E-state index < -0.39 is 0 Å². The van der Waals surface area contributed by atoms with E-state index in [0.29, 0.717) is 12.4 Å². The van der Waals surface area contributed by atoms with Crippen LogP contribution in [0, 0.1) is 6.92 Å². The summed E-state index contributed by atoms with van der Waals surface area (Å²) in [6, 6.07) is 17.6. The Balaban J connectivity index is 1.60. The molecule has 0 spiro atoms. The van der Waals surface area contributed by atoms with Crippen molar-refractivity contribution in [3.63, 3.8) is 0 Å². The molecular formula is C24H29N5O2. The normalized spacial score (nSPS) is 15.1. The molecule has 1 fully saturated rings. The van der Waals surface area contributed by atoms with E-state index >= 15 is 0 Å². The summed E-state index contributed by atoms with van der Waals surface area (Å²) in [5.41, 5.74) is 2.63. The molecule has 1 aliphatic heterocycles. The molecule has 0 saturated carbocycles. The van der Waals surface area contributed by atoms with Gasteiger partial charge in [0.2, 0.25) is 5.82 Å². The highest BCUT2D eigenvalue weighted by Gasteiger charge is 2.29. The van der Waals surface area contributed by atoms with Gasteiger partial charge in [0, 0.05) is 30.7 Å². The first kappa shape index (κ1) is 21.2. The number of amides is 1. The summed E-state index contributed by atoms with van der Waals surface area (Å²) in [5.74, 6) is 0.566. The zero-order valence-electron chi connectivity index (χ0n) is 18.3. The smallest absolute Gasteiger partial charge is 0.289 e. The van der Waals surface area contributed by atoms with Gasteiger partial charge in [-0.3, -0.25) is 9.69 Å². The molecule has 2 heterocycles. The van der Waals surface area contributed by atoms with Crippen molar-refractivity contribution in [3.05, 3.63) is 66.0 Å². The van der Waals surface area contributed by atoms with Crippen molar-refractivity contribution in [2.45, 2.75) is 26.3 Å². The first-order chi connectivity index (χ1) is 14.9. The molecule has 1 N–H and O–H groups in total. The van der Waals surface area contributed by atoms with Crippen molar-refractivity contribution < 1.29 is 9.53 Å². The fraction of sp³-hybridized carbons (Fsp3) is 0.375. The highest BCUT2D eigenvalue weighted by atomic mass is 16.5. The Labute approximate surface area is 183 Å². The van der Waals surface area contributed by atoms with Gasteiger partial charge in [-0.05, 0) is 32.9 Å². The summed E-state index contributed by atoms with van der Waals surface area (Å²) >= 11 is 0. The molecule has 1 amide bonds. The van der Waals surface area contributed by atoms with Crippen LogP contribution in [-0.4, -0.2) is 64.0 Å². The first-order valence-corrected chi connectivity index (χ1v) is 10.6. The molecule has 0 bridgehead atoms. The lowest BCUT2D eigenvalue weighted by molar-refractivity contribution is -0.00926. The summed E-state index contributed by atoms with van der Waals surface area (Å²) in [4.78, 5) is 20.1. The third kappa shape index (κ3) is 4.84. The zero-order chi connectivity index (χ0) is 21.8. The number of nitrogens with zero attached hydrogens (tertiary/aromatic N) is 4. The molecule has 3 aromatic rings. The van der Waals surface area contributed by atoms with Gasteiger partial charge in [-0.2, -0.15) is 0 Å². The minimum Gasteiger partial charge on any atom is -0.379 e. The summed E-state index contributed by atoms with van der Waals surface area (Å²) < 4.78 is 7.08. The number of hydrogen-bond donors (Lipinski definition) is 1. The summed E-state index contributed by atoms with van der Waals surface area (Å²) in [5, 5.41) is 7.73. The van der Waals surface area contributed by atoms with Gasteiger partial charge < -0.3 is 10.1 Å². The fourth-order valence-electron chi connectivity index (χ4n) is 3.69. The Morgan fingerprint density at radius 2 is 1.74 bits per heavy atom. The highest BCUT2D eigenvalue weighted by Crippen LogP contribution is 2.20. The van der Waals surface area contributed by atoms with E-state index in [4.69, 9.17) is 4.74 Å². The van der Waals surface area contributed by atoms with E-state index in [9.17, 15) is 4.79 Å². The number of carbonyl (C=O) groups is 1. The Morgan fingerprint density at radius 3 is 2.42 bits per heavy atom. The molecule has 0 atom stereocenters. The van der Waals surface area contributed by atoms with E-state index in [2.05, 4.69) is 34.1 Å². The lowest BCUT2D eigenvalue weighted by Gasteiger charge is -2.40. The van der Waals surface area contributed by atoms with Gasteiger partial charge in [-0.1, -0.05) is 48.0 Å². The average Bonchev–Trinajstić information content (AvgIpc) is 3.25. The van der Waals surface area contributed by atoms with Gasteiger partial charge in [-0.15, -0.1) is 5.10 Å². The van der Waals surface area contributed by atoms with Gasteiger partial charge in [0.25, 0.3) is 5.91 Å². The van der Waals surface area contributed by atoms with Gasteiger partial charge in [0.15, 0.2) is 5.82 Å². The topological polar surface area (TPSA) is 72.3 Å². The van der Waals surface area contributed by atoms with Crippen molar-refractivity contribution in [1.82, 2.24) is 25.0 Å². The molecule has 4 rings (SSSR count). The number of aromatic nitrogens is 3.